The summed E-state index contributed by atoms with van der Waals surface area (Å²) in [6.07, 6.45) is 24.5. The second kappa shape index (κ2) is 6.78. The van der Waals surface area contributed by atoms with E-state index in [1.165, 1.54) is 69.8 Å². The Morgan fingerprint density at radius 3 is 2.20 bits per heavy atom. The third kappa shape index (κ3) is 3.45. The first-order valence-corrected chi connectivity index (χ1v) is 8.91. The van der Waals surface area contributed by atoms with Crippen LogP contribution < -0.4 is 0 Å². The summed E-state index contributed by atoms with van der Waals surface area (Å²) >= 11 is 0. The topological polar surface area (TPSA) is 0 Å². The Balaban J connectivity index is 1.78. The molecular weight excluding hydrogens is 240 g/mol. The monoisotopic (exact) mass is 270 g/mol. The second-order valence-electron chi connectivity index (χ2n) is 7.22. The van der Waals surface area contributed by atoms with Crippen molar-refractivity contribution in [1.82, 2.24) is 0 Å². The van der Waals surface area contributed by atoms with Crippen LogP contribution in [0.4, 0.5) is 0 Å². The lowest BCUT2D eigenvalue weighted by molar-refractivity contribution is 0.315. The van der Waals surface area contributed by atoms with Gasteiger partial charge in [0.2, 0.25) is 0 Å². The standard InChI is InChI=1S/C20H30/c1-16-12-13-19(17-8-4-2-5-9-17)15-20(14-16)18-10-6-3-7-11-18/h12-15,17-19H,2-11H2,1H3. The molecule has 2 fully saturated rings. The molecule has 0 saturated heterocycles. The summed E-state index contributed by atoms with van der Waals surface area (Å²) in [5.41, 5.74) is 3.13. The molecule has 3 aliphatic rings. The Hall–Kier alpha value is -0.780. The van der Waals surface area contributed by atoms with Crippen molar-refractivity contribution < 1.29 is 0 Å². The van der Waals surface area contributed by atoms with E-state index in [-0.39, 0.29) is 0 Å². The van der Waals surface area contributed by atoms with Crippen LogP contribution in [0.2, 0.25) is 0 Å². The maximum Gasteiger partial charge on any atom is -0.00160 e. The van der Waals surface area contributed by atoms with Crippen molar-refractivity contribution >= 4 is 0 Å². The van der Waals surface area contributed by atoms with Crippen LogP contribution in [0.25, 0.3) is 0 Å². The molecular formula is C20H30. The molecule has 110 valence electrons. The van der Waals surface area contributed by atoms with Crippen LogP contribution in [0, 0.1) is 17.8 Å². The minimum Gasteiger partial charge on any atom is -0.0771 e. The first-order valence-electron chi connectivity index (χ1n) is 8.91. The lowest BCUT2D eigenvalue weighted by Gasteiger charge is -2.28. The molecule has 0 nitrogen and oxygen atoms in total. The van der Waals surface area contributed by atoms with Gasteiger partial charge in [-0.25, -0.2) is 0 Å². The molecule has 0 bridgehead atoms. The van der Waals surface area contributed by atoms with Crippen LogP contribution >= 0.6 is 0 Å². The second-order valence-corrected chi connectivity index (χ2v) is 7.22. The average Bonchev–Trinajstić information content (AvgIpc) is 2.71. The molecule has 0 aromatic rings. The fourth-order valence-electron chi connectivity index (χ4n) is 4.40. The van der Waals surface area contributed by atoms with Gasteiger partial charge in [-0.2, -0.15) is 0 Å². The molecule has 1 unspecified atom stereocenters. The summed E-state index contributed by atoms with van der Waals surface area (Å²) in [6, 6.07) is 0. The van der Waals surface area contributed by atoms with E-state index in [1.54, 1.807) is 5.57 Å². The SMILES string of the molecule is CC1=CC(C2CCCCC2)=CC(C2CCCCC2)C=C1. The summed E-state index contributed by atoms with van der Waals surface area (Å²) in [7, 11) is 0. The number of hydrogen-bond donors (Lipinski definition) is 0. The van der Waals surface area contributed by atoms with Crippen LogP contribution in [0.15, 0.2) is 35.5 Å². The normalized spacial score (nSPS) is 29.8. The molecule has 0 amide bonds. The van der Waals surface area contributed by atoms with E-state index >= 15 is 0 Å². The molecule has 0 heterocycles. The van der Waals surface area contributed by atoms with Crippen molar-refractivity contribution in [3.8, 4) is 0 Å². The molecule has 1 atom stereocenters. The van der Waals surface area contributed by atoms with Gasteiger partial charge >= 0.3 is 0 Å². The maximum atomic E-state index is 2.65. The van der Waals surface area contributed by atoms with Gasteiger partial charge in [-0.3, -0.25) is 0 Å². The Labute approximate surface area is 125 Å². The highest BCUT2D eigenvalue weighted by Crippen LogP contribution is 2.37. The largest absolute Gasteiger partial charge is 0.0771 e. The van der Waals surface area contributed by atoms with E-state index < -0.39 is 0 Å². The molecule has 0 spiro atoms. The summed E-state index contributed by atoms with van der Waals surface area (Å²) in [4.78, 5) is 0. The lowest BCUT2D eigenvalue weighted by Crippen LogP contribution is -2.16. The third-order valence-corrected chi connectivity index (χ3v) is 5.63. The van der Waals surface area contributed by atoms with E-state index in [1.807, 2.05) is 0 Å². The number of rotatable bonds is 2. The molecule has 20 heavy (non-hydrogen) atoms. The summed E-state index contributed by atoms with van der Waals surface area (Å²) in [5.74, 6) is 2.48. The summed E-state index contributed by atoms with van der Waals surface area (Å²) in [5, 5.41) is 0. The van der Waals surface area contributed by atoms with Gasteiger partial charge in [0.05, 0.1) is 0 Å². The van der Waals surface area contributed by atoms with Crippen molar-refractivity contribution in [3.05, 3.63) is 35.5 Å². The first kappa shape index (κ1) is 14.2. The predicted molar refractivity (Wildman–Crippen MR) is 87.6 cm³/mol. The minimum atomic E-state index is 0.709. The zero-order valence-corrected chi connectivity index (χ0v) is 13.1. The molecule has 0 radical (unpaired) electrons. The molecule has 2 saturated carbocycles. The van der Waals surface area contributed by atoms with Crippen molar-refractivity contribution in [3.63, 3.8) is 0 Å². The van der Waals surface area contributed by atoms with E-state index in [2.05, 4.69) is 31.2 Å². The molecule has 0 heteroatoms. The molecule has 0 aromatic carbocycles. The van der Waals surface area contributed by atoms with E-state index in [0.717, 1.165) is 11.8 Å². The Morgan fingerprint density at radius 2 is 1.50 bits per heavy atom. The quantitative estimate of drug-likeness (QED) is 0.560. The van der Waals surface area contributed by atoms with Gasteiger partial charge in [-0.1, -0.05) is 68.4 Å². The van der Waals surface area contributed by atoms with Gasteiger partial charge in [0, 0.05) is 0 Å². The highest BCUT2D eigenvalue weighted by atomic mass is 14.3. The van der Waals surface area contributed by atoms with Crippen molar-refractivity contribution in [2.24, 2.45) is 17.8 Å². The number of hydrogen-bond acceptors (Lipinski definition) is 0. The van der Waals surface area contributed by atoms with Crippen molar-refractivity contribution in [2.75, 3.05) is 0 Å². The lowest BCUT2D eigenvalue weighted by atomic mass is 9.77. The minimum absolute atomic E-state index is 0.709. The highest BCUT2D eigenvalue weighted by Gasteiger charge is 2.24. The molecule has 0 N–H and O–H groups in total. The zero-order valence-electron chi connectivity index (χ0n) is 13.1. The molecule has 3 rings (SSSR count). The van der Waals surface area contributed by atoms with Crippen LogP contribution in [-0.4, -0.2) is 0 Å². The Morgan fingerprint density at radius 1 is 0.850 bits per heavy atom. The maximum absolute atomic E-state index is 2.65. The van der Waals surface area contributed by atoms with E-state index in [9.17, 15) is 0 Å². The van der Waals surface area contributed by atoms with Crippen LogP contribution in [0.5, 0.6) is 0 Å². The van der Waals surface area contributed by atoms with Gasteiger partial charge < -0.3 is 0 Å². The Bertz CT molecular complexity index is 398. The first-order chi connectivity index (χ1) is 9.83. The molecule has 0 aliphatic heterocycles. The highest BCUT2D eigenvalue weighted by molar-refractivity contribution is 5.35. The van der Waals surface area contributed by atoms with E-state index in [0.29, 0.717) is 5.92 Å². The molecule has 0 aromatic heterocycles. The third-order valence-electron chi connectivity index (χ3n) is 5.63. The van der Waals surface area contributed by atoms with Crippen LogP contribution in [0.3, 0.4) is 0 Å². The Kier molecular flexibility index (Phi) is 4.81. The van der Waals surface area contributed by atoms with E-state index in [4.69, 9.17) is 0 Å². The van der Waals surface area contributed by atoms with Crippen molar-refractivity contribution in [1.29, 1.82) is 0 Å². The van der Waals surface area contributed by atoms with Gasteiger partial charge in [0.25, 0.3) is 0 Å². The fourth-order valence-corrected chi connectivity index (χ4v) is 4.40. The molecule has 3 aliphatic carbocycles. The number of allylic oxidation sites excluding steroid dienone is 6. The van der Waals surface area contributed by atoms with Crippen LogP contribution in [0.1, 0.15) is 71.1 Å². The summed E-state index contributed by atoms with van der Waals surface area (Å²) < 4.78 is 0. The zero-order chi connectivity index (χ0) is 13.8. The van der Waals surface area contributed by atoms with Gasteiger partial charge in [0.1, 0.15) is 0 Å². The average molecular weight is 270 g/mol. The smallest absolute Gasteiger partial charge is 0.00160 e. The summed E-state index contributed by atoms with van der Waals surface area (Å²) in [6.45, 7) is 2.27. The van der Waals surface area contributed by atoms with Gasteiger partial charge in [0.15, 0.2) is 0 Å². The van der Waals surface area contributed by atoms with Gasteiger partial charge in [-0.15, -0.1) is 0 Å². The van der Waals surface area contributed by atoms with Gasteiger partial charge in [-0.05, 0) is 55.9 Å². The predicted octanol–water partition coefficient (Wildman–Crippen LogP) is 6.21. The van der Waals surface area contributed by atoms with Crippen molar-refractivity contribution in [2.45, 2.75) is 71.1 Å². The fraction of sp³-hybridized carbons (Fsp3) is 0.700. The van der Waals surface area contributed by atoms with Crippen LogP contribution in [-0.2, 0) is 0 Å².